The maximum atomic E-state index is 13.3. The van der Waals surface area contributed by atoms with Crippen molar-refractivity contribution in [2.75, 3.05) is 13.1 Å². The van der Waals surface area contributed by atoms with Crippen molar-refractivity contribution in [3.8, 4) is 0 Å². The van der Waals surface area contributed by atoms with Crippen molar-refractivity contribution >= 4 is 38.4 Å². The van der Waals surface area contributed by atoms with Crippen LogP contribution in [0.5, 0.6) is 0 Å². The molecule has 0 saturated carbocycles. The first-order valence-electron chi connectivity index (χ1n) is 5.67. The van der Waals surface area contributed by atoms with E-state index >= 15 is 0 Å². The number of hydrogen-bond acceptors (Lipinski definition) is 3. The minimum atomic E-state index is -3.65. The van der Waals surface area contributed by atoms with Gasteiger partial charge in [0.05, 0.1) is 9.37 Å². The van der Waals surface area contributed by atoms with Gasteiger partial charge in [-0.25, -0.2) is 17.5 Å². The van der Waals surface area contributed by atoms with Crippen LogP contribution in [0.4, 0.5) is 4.39 Å². The molecule has 1 aromatic carbocycles. The molecule has 8 heteroatoms. The third-order valence-electron chi connectivity index (χ3n) is 2.82. The Kier molecular flexibility index (Phi) is 6.19. The minimum Gasteiger partial charge on any atom is -0.315 e. The Hall–Kier alpha value is -0.210. The molecule has 108 valence electrons. The van der Waals surface area contributed by atoms with E-state index < -0.39 is 15.8 Å². The summed E-state index contributed by atoms with van der Waals surface area (Å²) in [6.07, 6.45) is 1.73. The molecule has 1 aliphatic rings. The average molecular weight is 374 g/mol. The van der Waals surface area contributed by atoms with Crippen molar-refractivity contribution in [3.05, 3.63) is 28.5 Å². The van der Waals surface area contributed by atoms with Crippen LogP contribution < -0.4 is 10.0 Å². The lowest BCUT2D eigenvalue weighted by molar-refractivity contribution is 0.428. The zero-order valence-electron chi connectivity index (χ0n) is 10.0. The molecular weight excluding hydrogens is 359 g/mol. The van der Waals surface area contributed by atoms with Crippen LogP contribution in [0.1, 0.15) is 12.8 Å². The Morgan fingerprint density at radius 2 is 2.16 bits per heavy atom. The van der Waals surface area contributed by atoms with Gasteiger partial charge in [-0.15, -0.1) is 12.4 Å². The van der Waals surface area contributed by atoms with Crippen LogP contribution in [-0.4, -0.2) is 27.5 Å². The van der Waals surface area contributed by atoms with Crippen LogP contribution in [0.2, 0.25) is 0 Å². The Bertz CT molecular complexity index is 535. The second-order valence-electron chi connectivity index (χ2n) is 4.24. The Balaban J connectivity index is 0.00000180. The van der Waals surface area contributed by atoms with Crippen LogP contribution in [0, 0.1) is 5.82 Å². The fraction of sp³-hybridized carbons (Fsp3) is 0.455. The van der Waals surface area contributed by atoms with Gasteiger partial charge in [0, 0.05) is 12.6 Å². The third kappa shape index (κ3) is 4.39. The van der Waals surface area contributed by atoms with Crippen molar-refractivity contribution in [1.29, 1.82) is 0 Å². The summed E-state index contributed by atoms with van der Waals surface area (Å²) >= 11 is 2.99. The van der Waals surface area contributed by atoms with Crippen molar-refractivity contribution in [2.24, 2.45) is 0 Å². The molecule has 1 saturated heterocycles. The molecule has 1 aromatic rings. The second-order valence-corrected chi connectivity index (χ2v) is 6.81. The summed E-state index contributed by atoms with van der Waals surface area (Å²) in [7, 11) is -3.65. The van der Waals surface area contributed by atoms with Gasteiger partial charge < -0.3 is 5.32 Å². The number of sulfonamides is 1. The highest BCUT2D eigenvalue weighted by Gasteiger charge is 2.22. The zero-order chi connectivity index (χ0) is 13.2. The molecule has 1 aliphatic heterocycles. The van der Waals surface area contributed by atoms with E-state index in [1.807, 2.05) is 0 Å². The lowest BCUT2D eigenvalue weighted by Gasteiger charge is -2.23. The SMILES string of the molecule is Cl.O=S(=O)(N[C@H]1CCCNC1)c1ccc(Br)c(F)c1. The first kappa shape index (κ1) is 16.8. The number of benzene rings is 1. The maximum absolute atomic E-state index is 13.3. The fourth-order valence-corrected chi connectivity index (χ4v) is 3.41. The maximum Gasteiger partial charge on any atom is 0.240 e. The largest absolute Gasteiger partial charge is 0.315 e. The lowest BCUT2D eigenvalue weighted by Crippen LogP contribution is -2.45. The van der Waals surface area contributed by atoms with Crippen molar-refractivity contribution in [1.82, 2.24) is 10.0 Å². The van der Waals surface area contributed by atoms with Gasteiger partial charge in [-0.3, -0.25) is 0 Å². The van der Waals surface area contributed by atoms with E-state index in [4.69, 9.17) is 0 Å². The topological polar surface area (TPSA) is 58.2 Å². The standard InChI is InChI=1S/C11H14BrFN2O2S.ClH/c12-10-4-3-9(6-11(10)13)18(16,17)15-8-2-1-5-14-7-8;/h3-4,6,8,14-15H,1-2,5,7H2;1H/t8-;/m0./s1. The molecule has 0 aromatic heterocycles. The molecule has 0 bridgehead atoms. The van der Waals surface area contributed by atoms with Crippen LogP contribution >= 0.6 is 28.3 Å². The van der Waals surface area contributed by atoms with E-state index in [0.29, 0.717) is 6.54 Å². The van der Waals surface area contributed by atoms with E-state index in [1.165, 1.54) is 12.1 Å². The van der Waals surface area contributed by atoms with Crippen LogP contribution in [0.3, 0.4) is 0 Å². The molecule has 2 rings (SSSR count). The summed E-state index contributed by atoms with van der Waals surface area (Å²) in [5, 5.41) is 3.12. The monoisotopic (exact) mass is 372 g/mol. The first-order chi connectivity index (χ1) is 8.49. The number of rotatable bonds is 3. The van der Waals surface area contributed by atoms with Crippen molar-refractivity contribution in [3.63, 3.8) is 0 Å². The summed E-state index contributed by atoms with van der Waals surface area (Å²) in [5.41, 5.74) is 0. The Labute approximate surface area is 126 Å². The summed E-state index contributed by atoms with van der Waals surface area (Å²) in [5.74, 6) is -0.584. The predicted molar refractivity (Wildman–Crippen MR) is 77.6 cm³/mol. The van der Waals surface area contributed by atoms with E-state index in [9.17, 15) is 12.8 Å². The minimum absolute atomic E-state index is 0. The fourth-order valence-electron chi connectivity index (χ4n) is 1.88. The van der Waals surface area contributed by atoms with Gasteiger partial charge in [0.25, 0.3) is 0 Å². The number of hydrogen-bond donors (Lipinski definition) is 2. The highest BCUT2D eigenvalue weighted by atomic mass is 79.9. The van der Waals surface area contributed by atoms with Gasteiger partial charge >= 0.3 is 0 Å². The molecule has 0 radical (unpaired) electrons. The van der Waals surface area contributed by atoms with Gasteiger partial charge in [0.15, 0.2) is 0 Å². The Morgan fingerprint density at radius 3 is 2.74 bits per heavy atom. The molecule has 1 fully saturated rings. The summed E-state index contributed by atoms with van der Waals surface area (Å²) < 4.78 is 40.3. The van der Waals surface area contributed by atoms with E-state index in [2.05, 4.69) is 26.0 Å². The summed E-state index contributed by atoms with van der Waals surface area (Å²) in [4.78, 5) is -0.0474. The summed E-state index contributed by atoms with van der Waals surface area (Å²) in [6, 6.07) is 3.66. The lowest BCUT2D eigenvalue weighted by atomic mass is 10.1. The highest BCUT2D eigenvalue weighted by molar-refractivity contribution is 9.10. The third-order valence-corrected chi connectivity index (χ3v) is 4.98. The predicted octanol–water partition coefficient (Wildman–Crippen LogP) is 2.04. The van der Waals surface area contributed by atoms with Gasteiger partial charge in [-0.2, -0.15) is 0 Å². The molecular formula is C11H15BrClFN2O2S. The van der Waals surface area contributed by atoms with Gasteiger partial charge in [0.2, 0.25) is 10.0 Å². The number of nitrogens with one attached hydrogen (secondary N) is 2. The van der Waals surface area contributed by atoms with Gasteiger partial charge in [-0.05, 0) is 53.5 Å². The number of piperidine rings is 1. The molecule has 0 aliphatic carbocycles. The molecule has 19 heavy (non-hydrogen) atoms. The second kappa shape index (κ2) is 6.99. The smallest absolute Gasteiger partial charge is 0.240 e. The zero-order valence-corrected chi connectivity index (χ0v) is 13.2. The van der Waals surface area contributed by atoms with E-state index in [-0.39, 0.29) is 27.8 Å². The van der Waals surface area contributed by atoms with Crippen molar-refractivity contribution in [2.45, 2.75) is 23.8 Å². The molecule has 0 amide bonds. The normalized spacial score (nSPS) is 19.8. The number of halogens is 3. The van der Waals surface area contributed by atoms with Gasteiger partial charge in [0.1, 0.15) is 5.82 Å². The summed E-state index contributed by atoms with van der Waals surface area (Å²) in [6.45, 7) is 1.52. The van der Waals surface area contributed by atoms with Crippen LogP contribution in [0.15, 0.2) is 27.6 Å². The quantitative estimate of drug-likeness (QED) is 0.852. The van der Waals surface area contributed by atoms with Crippen LogP contribution in [0.25, 0.3) is 0 Å². The molecule has 4 nitrogen and oxygen atoms in total. The molecule has 1 heterocycles. The highest BCUT2D eigenvalue weighted by Crippen LogP contribution is 2.19. The molecule has 2 N–H and O–H groups in total. The molecule has 0 unspecified atom stereocenters. The average Bonchev–Trinajstić information content (AvgIpc) is 2.33. The Morgan fingerprint density at radius 1 is 1.42 bits per heavy atom. The molecule has 1 atom stereocenters. The van der Waals surface area contributed by atoms with E-state index in [0.717, 1.165) is 25.5 Å². The molecule has 0 spiro atoms. The van der Waals surface area contributed by atoms with E-state index in [1.54, 1.807) is 0 Å². The van der Waals surface area contributed by atoms with Gasteiger partial charge in [-0.1, -0.05) is 0 Å². The first-order valence-corrected chi connectivity index (χ1v) is 7.95. The van der Waals surface area contributed by atoms with Crippen LogP contribution in [-0.2, 0) is 10.0 Å². The van der Waals surface area contributed by atoms with Crippen molar-refractivity contribution < 1.29 is 12.8 Å².